The van der Waals surface area contributed by atoms with Crippen molar-refractivity contribution < 1.29 is 0 Å². The highest BCUT2D eigenvalue weighted by molar-refractivity contribution is 4.77. The number of likely N-dealkylation sites (N-methyl/N-ethyl adjacent to an activating group) is 1. The van der Waals surface area contributed by atoms with Crippen LogP contribution < -0.4 is 5.73 Å². The zero-order valence-corrected chi connectivity index (χ0v) is 9.00. The normalized spacial score (nSPS) is 27.5. The van der Waals surface area contributed by atoms with Crippen LogP contribution in [0.2, 0.25) is 0 Å². The molecule has 0 aromatic carbocycles. The third-order valence-corrected chi connectivity index (χ3v) is 2.70. The van der Waals surface area contributed by atoms with E-state index >= 15 is 0 Å². The second kappa shape index (κ2) is 5.58. The summed E-state index contributed by atoms with van der Waals surface area (Å²) in [6.45, 7) is 11.3. The van der Waals surface area contributed by atoms with Gasteiger partial charge in [0.15, 0.2) is 0 Å². The molecule has 0 saturated carbocycles. The average molecular weight is 185 g/mol. The van der Waals surface area contributed by atoms with Crippen molar-refractivity contribution in [3.05, 3.63) is 0 Å². The summed E-state index contributed by atoms with van der Waals surface area (Å²) in [7, 11) is 0. The summed E-state index contributed by atoms with van der Waals surface area (Å²) >= 11 is 0. The topological polar surface area (TPSA) is 32.5 Å². The molecule has 1 heterocycles. The molecule has 0 bridgehead atoms. The van der Waals surface area contributed by atoms with E-state index in [1.54, 1.807) is 0 Å². The zero-order chi connectivity index (χ0) is 9.68. The Balaban J connectivity index is 2.38. The molecule has 0 aliphatic carbocycles. The van der Waals surface area contributed by atoms with Crippen LogP contribution in [0.4, 0.5) is 0 Å². The molecule has 1 saturated heterocycles. The molecule has 0 aromatic rings. The highest BCUT2D eigenvalue weighted by Crippen LogP contribution is 2.02. The Morgan fingerprint density at radius 2 is 1.77 bits per heavy atom. The molecule has 78 valence electrons. The monoisotopic (exact) mass is 185 g/mol. The van der Waals surface area contributed by atoms with Crippen molar-refractivity contribution >= 4 is 0 Å². The van der Waals surface area contributed by atoms with Gasteiger partial charge >= 0.3 is 0 Å². The number of hydrogen-bond donors (Lipinski definition) is 1. The molecule has 0 amide bonds. The molecule has 3 heteroatoms. The fourth-order valence-corrected chi connectivity index (χ4v) is 1.99. The van der Waals surface area contributed by atoms with Crippen LogP contribution in [0, 0.1) is 0 Å². The Labute approximate surface area is 81.9 Å². The van der Waals surface area contributed by atoms with E-state index in [-0.39, 0.29) is 0 Å². The van der Waals surface area contributed by atoms with Crippen molar-refractivity contribution in [3.63, 3.8) is 0 Å². The summed E-state index contributed by atoms with van der Waals surface area (Å²) in [4.78, 5) is 4.93. The van der Waals surface area contributed by atoms with E-state index in [1.165, 1.54) is 26.1 Å². The highest BCUT2D eigenvalue weighted by atomic mass is 15.2. The van der Waals surface area contributed by atoms with Gasteiger partial charge in [0.1, 0.15) is 0 Å². The number of rotatable bonds is 3. The highest BCUT2D eigenvalue weighted by Gasteiger charge is 2.17. The molecule has 1 aliphatic heterocycles. The van der Waals surface area contributed by atoms with E-state index in [9.17, 15) is 0 Å². The third kappa shape index (κ3) is 3.63. The maximum absolute atomic E-state index is 6.04. The molecule has 1 unspecified atom stereocenters. The summed E-state index contributed by atoms with van der Waals surface area (Å²) < 4.78 is 0. The van der Waals surface area contributed by atoms with Gasteiger partial charge in [0.05, 0.1) is 0 Å². The first kappa shape index (κ1) is 11.0. The maximum atomic E-state index is 6.04. The van der Waals surface area contributed by atoms with E-state index in [2.05, 4.69) is 23.6 Å². The average Bonchev–Trinajstić information content (AvgIpc) is 2.28. The van der Waals surface area contributed by atoms with Crippen LogP contribution in [0.3, 0.4) is 0 Å². The first-order chi connectivity index (χ1) is 6.26. The second-order valence-corrected chi connectivity index (χ2v) is 3.95. The molecule has 0 radical (unpaired) electrons. The lowest BCUT2D eigenvalue weighted by atomic mass is 10.3. The Kier molecular flexibility index (Phi) is 4.70. The lowest BCUT2D eigenvalue weighted by molar-refractivity contribution is 0.263. The van der Waals surface area contributed by atoms with Crippen LogP contribution in [0.5, 0.6) is 0 Å². The van der Waals surface area contributed by atoms with Crippen LogP contribution in [-0.4, -0.2) is 55.1 Å². The van der Waals surface area contributed by atoms with Gasteiger partial charge in [-0.25, -0.2) is 0 Å². The Morgan fingerprint density at radius 1 is 1.15 bits per heavy atom. The van der Waals surface area contributed by atoms with Gasteiger partial charge in [0, 0.05) is 32.2 Å². The Morgan fingerprint density at radius 3 is 2.38 bits per heavy atom. The first-order valence-electron chi connectivity index (χ1n) is 5.46. The quantitative estimate of drug-likeness (QED) is 0.689. The van der Waals surface area contributed by atoms with Gasteiger partial charge in [-0.1, -0.05) is 13.8 Å². The predicted octanol–water partition coefficient (Wildman–Crippen LogP) is 0.361. The predicted molar refractivity (Wildman–Crippen MR) is 56.8 cm³/mol. The van der Waals surface area contributed by atoms with Crippen molar-refractivity contribution in [2.45, 2.75) is 26.3 Å². The van der Waals surface area contributed by atoms with E-state index in [1.807, 2.05) is 0 Å². The minimum Gasteiger partial charge on any atom is -0.325 e. The smallest absolute Gasteiger partial charge is 0.0297 e. The van der Waals surface area contributed by atoms with Crippen LogP contribution in [0.15, 0.2) is 0 Å². The van der Waals surface area contributed by atoms with Gasteiger partial charge in [-0.3, -0.25) is 0 Å². The molecule has 1 rings (SSSR count). The molecule has 0 spiro atoms. The Bertz CT molecular complexity index is 138. The van der Waals surface area contributed by atoms with Gasteiger partial charge in [-0.2, -0.15) is 0 Å². The summed E-state index contributed by atoms with van der Waals surface area (Å²) in [5.41, 5.74) is 6.04. The van der Waals surface area contributed by atoms with E-state index in [0.717, 1.165) is 19.6 Å². The van der Waals surface area contributed by atoms with E-state index < -0.39 is 0 Å². The molecule has 2 N–H and O–H groups in total. The standard InChI is InChI=1S/C10H23N3/c1-3-5-13-7-6-12(4-2)8-10(11)9-13/h10H,3-9,11H2,1-2H3. The van der Waals surface area contributed by atoms with Crippen LogP contribution in [-0.2, 0) is 0 Å². The fourth-order valence-electron chi connectivity index (χ4n) is 1.99. The van der Waals surface area contributed by atoms with Crippen LogP contribution in [0.25, 0.3) is 0 Å². The van der Waals surface area contributed by atoms with Gasteiger partial charge < -0.3 is 15.5 Å². The largest absolute Gasteiger partial charge is 0.325 e. The molecular weight excluding hydrogens is 162 g/mol. The van der Waals surface area contributed by atoms with E-state index in [0.29, 0.717) is 6.04 Å². The first-order valence-corrected chi connectivity index (χ1v) is 5.46. The summed E-state index contributed by atoms with van der Waals surface area (Å²) in [6.07, 6.45) is 1.23. The van der Waals surface area contributed by atoms with Gasteiger partial charge in [-0.15, -0.1) is 0 Å². The molecule has 1 atom stereocenters. The summed E-state index contributed by atoms with van der Waals surface area (Å²) in [5, 5.41) is 0. The number of nitrogens with zero attached hydrogens (tertiary/aromatic N) is 2. The van der Waals surface area contributed by atoms with Crippen molar-refractivity contribution in [3.8, 4) is 0 Å². The van der Waals surface area contributed by atoms with Gasteiger partial charge in [0.2, 0.25) is 0 Å². The Hall–Kier alpha value is -0.120. The lowest BCUT2D eigenvalue weighted by Gasteiger charge is -2.20. The minimum atomic E-state index is 0.342. The fraction of sp³-hybridized carbons (Fsp3) is 1.00. The molecule has 0 aromatic heterocycles. The van der Waals surface area contributed by atoms with Crippen LogP contribution in [0.1, 0.15) is 20.3 Å². The van der Waals surface area contributed by atoms with Crippen molar-refractivity contribution in [1.82, 2.24) is 9.80 Å². The number of nitrogens with two attached hydrogens (primary N) is 1. The third-order valence-electron chi connectivity index (χ3n) is 2.70. The van der Waals surface area contributed by atoms with Crippen molar-refractivity contribution in [2.75, 3.05) is 39.3 Å². The van der Waals surface area contributed by atoms with Crippen molar-refractivity contribution in [2.24, 2.45) is 5.73 Å². The summed E-state index contributed by atoms with van der Waals surface area (Å²) in [5.74, 6) is 0. The SMILES string of the molecule is CCCN1CCN(CC)CC(N)C1. The molecule has 1 aliphatic rings. The van der Waals surface area contributed by atoms with Gasteiger partial charge in [-0.05, 0) is 19.5 Å². The second-order valence-electron chi connectivity index (χ2n) is 3.95. The van der Waals surface area contributed by atoms with E-state index in [4.69, 9.17) is 5.73 Å². The molecule has 3 nitrogen and oxygen atoms in total. The minimum absolute atomic E-state index is 0.342. The van der Waals surface area contributed by atoms with Crippen molar-refractivity contribution in [1.29, 1.82) is 0 Å². The molecular formula is C10H23N3. The lowest BCUT2D eigenvalue weighted by Crippen LogP contribution is -2.40. The number of hydrogen-bond acceptors (Lipinski definition) is 3. The van der Waals surface area contributed by atoms with Crippen LogP contribution >= 0.6 is 0 Å². The zero-order valence-electron chi connectivity index (χ0n) is 9.00. The molecule has 1 fully saturated rings. The summed E-state index contributed by atoms with van der Waals surface area (Å²) in [6, 6.07) is 0.342. The maximum Gasteiger partial charge on any atom is 0.0297 e. The van der Waals surface area contributed by atoms with Gasteiger partial charge in [0.25, 0.3) is 0 Å². The molecule has 13 heavy (non-hydrogen) atoms.